The number of carboxylic acids is 1. The standard InChI is InChI=1S/C15H22N2O2S/c1-11-13(6-10-20-11)16-8-4-12(5-9-16)17-7-2-3-14(17)15(18)19/h2-3,7,11-13H,4-6,8-10H2,1H3,(H,18,19). The Morgan fingerprint density at radius 1 is 1.35 bits per heavy atom. The van der Waals surface area contributed by atoms with Gasteiger partial charge < -0.3 is 9.67 Å². The lowest BCUT2D eigenvalue weighted by Gasteiger charge is -2.38. The van der Waals surface area contributed by atoms with Crippen LogP contribution < -0.4 is 0 Å². The van der Waals surface area contributed by atoms with Crippen molar-refractivity contribution < 1.29 is 9.90 Å². The highest BCUT2D eigenvalue weighted by Crippen LogP contribution is 2.34. The predicted molar refractivity (Wildman–Crippen MR) is 81.6 cm³/mol. The second-order valence-corrected chi connectivity index (χ2v) is 7.29. The summed E-state index contributed by atoms with van der Waals surface area (Å²) in [6.07, 6.45) is 5.34. The molecule has 0 bridgehead atoms. The summed E-state index contributed by atoms with van der Waals surface area (Å²) >= 11 is 2.08. The van der Waals surface area contributed by atoms with Gasteiger partial charge in [0.25, 0.3) is 0 Å². The summed E-state index contributed by atoms with van der Waals surface area (Å²) in [5.41, 5.74) is 0.424. The number of aromatic carboxylic acids is 1. The van der Waals surface area contributed by atoms with Crippen molar-refractivity contribution in [3.05, 3.63) is 24.0 Å². The molecule has 3 rings (SSSR count). The largest absolute Gasteiger partial charge is 0.477 e. The first-order chi connectivity index (χ1) is 9.66. The molecule has 0 aliphatic carbocycles. The Hall–Kier alpha value is -0.940. The quantitative estimate of drug-likeness (QED) is 0.931. The van der Waals surface area contributed by atoms with Crippen LogP contribution >= 0.6 is 11.8 Å². The van der Waals surface area contributed by atoms with Gasteiger partial charge in [-0.1, -0.05) is 6.92 Å². The summed E-state index contributed by atoms with van der Waals surface area (Å²) in [5, 5.41) is 9.95. The first-order valence-corrected chi connectivity index (χ1v) is 8.47. The second-order valence-electron chi connectivity index (χ2n) is 5.80. The summed E-state index contributed by atoms with van der Waals surface area (Å²) in [6.45, 7) is 4.53. The van der Waals surface area contributed by atoms with Gasteiger partial charge in [0, 0.05) is 36.6 Å². The maximum Gasteiger partial charge on any atom is 0.352 e. The molecular weight excluding hydrogens is 272 g/mol. The minimum absolute atomic E-state index is 0.344. The molecule has 2 aliphatic heterocycles. The normalized spacial score (nSPS) is 28.9. The van der Waals surface area contributed by atoms with Crippen LogP contribution in [0.2, 0.25) is 0 Å². The van der Waals surface area contributed by atoms with E-state index in [9.17, 15) is 9.90 Å². The molecule has 5 heteroatoms. The van der Waals surface area contributed by atoms with Crippen molar-refractivity contribution in [3.63, 3.8) is 0 Å². The number of piperidine rings is 1. The highest BCUT2D eigenvalue weighted by molar-refractivity contribution is 8.00. The summed E-state index contributed by atoms with van der Waals surface area (Å²) in [6, 6.07) is 4.61. The number of thioether (sulfide) groups is 1. The van der Waals surface area contributed by atoms with Crippen LogP contribution in [0.4, 0.5) is 0 Å². The summed E-state index contributed by atoms with van der Waals surface area (Å²) in [4.78, 5) is 13.8. The van der Waals surface area contributed by atoms with Crippen LogP contribution in [-0.2, 0) is 0 Å². The minimum atomic E-state index is -0.821. The van der Waals surface area contributed by atoms with E-state index in [-0.39, 0.29) is 0 Å². The molecule has 0 saturated carbocycles. The van der Waals surface area contributed by atoms with E-state index in [4.69, 9.17) is 0 Å². The molecule has 110 valence electrons. The smallest absolute Gasteiger partial charge is 0.352 e. The topological polar surface area (TPSA) is 45.5 Å². The maximum absolute atomic E-state index is 11.2. The molecule has 1 aromatic rings. The molecule has 0 radical (unpaired) electrons. The second kappa shape index (κ2) is 5.82. The van der Waals surface area contributed by atoms with Crippen molar-refractivity contribution in [2.24, 2.45) is 0 Å². The SMILES string of the molecule is CC1SCCC1N1CCC(n2cccc2C(=O)O)CC1. The van der Waals surface area contributed by atoms with Gasteiger partial charge in [-0.25, -0.2) is 4.79 Å². The molecule has 2 saturated heterocycles. The lowest BCUT2D eigenvalue weighted by molar-refractivity contribution is 0.0675. The number of carboxylic acid groups (broad SMARTS) is 1. The number of hydrogen-bond acceptors (Lipinski definition) is 3. The average molecular weight is 294 g/mol. The highest BCUT2D eigenvalue weighted by Gasteiger charge is 2.32. The molecule has 0 spiro atoms. The fraction of sp³-hybridized carbons (Fsp3) is 0.667. The summed E-state index contributed by atoms with van der Waals surface area (Å²) < 4.78 is 1.95. The van der Waals surface area contributed by atoms with Crippen molar-refractivity contribution in [1.29, 1.82) is 0 Å². The number of nitrogens with zero attached hydrogens (tertiary/aromatic N) is 2. The Bertz CT molecular complexity index is 480. The fourth-order valence-corrected chi connectivity index (χ4v) is 4.87. The van der Waals surface area contributed by atoms with Crippen LogP contribution in [0.1, 0.15) is 42.7 Å². The Balaban J connectivity index is 1.63. The van der Waals surface area contributed by atoms with Gasteiger partial charge in [-0.15, -0.1) is 0 Å². The monoisotopic (exact) mass is 294 g/mol. The van der Waals surface area contributed by atoms with Crippen LogP contribution in [0.3, 0.4) is 0 Å². The molecule has 0 aromatic carbocycles. The zero-order valence-corrected chi connectivity index (χ0v) is 12.7. The fourth-order valence-electron chi connectivity index (χ4n) is 3.59. The van der Waals surface area contributed by atoms with E-state index in [0.717, 1.165) is 37.2 Å². The molecule has 1 aromatic heterocycles. The lowest BCUT2D eigenvalue weighted by Crippen LogP contribution is -2.44. The number of hydrogen-bond donors (Lipinski definition) is 1. The van der Waals surface area contributed by atoms with Gasteiger partial charge in [-0.3, -0.25) is 4.90 Å². The molecule has 2 atom stereocenters. The van der Waals surface area contributed by atoms with Gasteiger partial charge in [0.2, 0.25) is 0 Å². The van der Waals surface area contributed by atoms with Crippen LogP contribution in [-0.4, -0.2) is 50.7 Å². The van der Waals surface area contributed by atoms with Crippen molar-refractivity contribution in [2.45, 2.75) is 43.5 Å². The van der Waals surface area contributed by atoms with Crippen LogP contribution in [0.5, 0.6) is 0 Å². The van der Waals surface area contributed by atoms with Gasteiger partial charge in [-0.05, 0) is 37.1 Å². The van der Waals surface area contributed by atoms with Gasteiger partial charge >= 0.3 is 5.97 Å². The van der Waals surface area contributed by atoms with E-state index in [2.05, 4.69) is 23.6 Å². The van der Waals surface area contributed by atoms with Gasteiger partial charge in [-0.2, -0.15) is 11.8 Å². The molecule has 3 heterocycles. The van der Waals surface area contributed by atoms with Crippen molar-refractivity contribution in [2.75, 3.05) is 18.8 Å². The third kappa shape index (κ3) is 2.61. The minimum Gasteiger partial charge on any atom is -0.477 e. The molecule has 2 unspecified atom stereocenters. The number of rotatable bonds is 3. The van der Waals surface area contributed by atoms with Gasteiger partial charge in [0.05, 0.1) is 0 Å². The molecule has 2 fully saturated rings. The van der Waals surface area contributed by atoms with Crippen LogP contribution in [0.15, 0.2) is 18.3 Å². The zero-order valence-electron chi connectivity index (χ0n) is 11.9. The maximum atomic E-state index is 11.2. The molecule has 1 N–H and O–H groups in total. The van der Waals surface area contributed by atoms with E-state index in [1.165, 1.54) is 12.2 Å². The van der Waals surface area contributed by atoms with Gasteiger partial charge in [0.1, 0.15) is 5.69 Å². The Morgan fingerprint density at radius 2 is 2.10 bits per heavy atom. The van der Waals surface area contributed by atoms with E-state index >= 15 is 0 Å². The number of aromatic nitrogens is 1. The van der Waals surface area contributed by atoms with Crippen molar-refractivity contribution in [3.8, 4) is 0 Å². The third-order valence-electron chi connectivity index (χ3n) is 4.70. The summed E-state index contributed by atoms with van der Waals surface area (Å²) in [7, 11) is 0. The first-order valence-electron chi connectivity index (χ1n) is 7.42. The third-order valence-corrected chi connectivity index (χ3v) is 6.01. The predicted octanol–water partition coefficient (Wildman–Crippen LogP) is 2.72. The van der Waals surface area contributed by atoms with E-state index in [1.54, 1.807) is 6.07 Å². The van der Waals surface area contributed by atoms with Gasteiger partial charge in [0.15, 0.2) is 0 Å². The summed E-state index contributed by atoms with van der Waals surface area (Å²) in [5.74, 6) is 0.463. The zero-order chi connectivity index (χ0) is 14.1. The van der Waals surface area contributed by atoms with Crippen molar-refractivity contribution >= 4 is 17.7 Å². The molecule has 4 nitrogen and oxygen atoms in total. The Morgan fingerprint density at radius 3 is 2.70 bits per heavy atom. The lowest BCUT2D eigenvalue weighted by atomic mass is 10.0. The van der Waals surface area contributed by atoms with Crippen LogP contribution in [0, 0.1) is 0 Å². The average Bonchev–Trinajstić information content (AvgIpc) is 3.07. The number of carbonyl (C=O) groups is 1. The molecular formula is C15H22N2O2S. The highest BCUT2D eigenvalue weighted by atomic mass is 32.2. The van der Waals surface area contributed by atoms with E-state index in [0.29, 0.717) is 11.7 Å². The molecule has 2 aliphatic rings. The first kappa shape index (κ1) is 14.0. The molecule has 20 heavy (non-hydrogen) atoms. The van der Waals surface area contributed by atoms with Crippen LogP contribution in [0.25, 0.3) is 0 Å². The van der Waals surface area contributed by atoms with Crippen molar-refractivity contribution in [1.82, 2.24) is 9.47 Å². The Kier molecular flexibility index (Phi) is 4.08. The van der Waals surface area contributed by atoms with E-state index in [1.807, 2.05) is 16.8 Å². The number of likely N-dealkylation sites (tertiary alicyclic amines) is 1. The Labute approximate surface area is 124 Å². The molecule has 0 amide bonds. The van der Waals surface area contributed by atoms with E-state index < -0.39 is 5.97 Å².